The van der Waals surface area contributed by atoms with Gasteiger partial charge in [-0.15, -0.1) is 0 Å². The average Bonchev–Trinajstić information content (AvgIpc) is 3.41. The van der Waals surface area contributed by atoms with Crippen LogP contribution >= 0.6 is 0 Å². The molecule has 1 aromatic heterocycles. The van der Waals surface area contributed by atoms with Crippen LogP contribution in [-0.2, 0) is 4.74 Å². The number of nitrogens with one attached hydrogen (secondary N) is 1. The molecule has 1 amide bonds. The van der Waals surface area contributed by atoms with Crippen molar-refractivity contribution < 1.29 is 9.53 Å². The molecule has 2 fully saturated rings. The largest absolute Gasteiger partial charge is 0.374 e. The Morgan fingerprint density at radius 3 is 2.76 bits per heavy atom. The second-order valence-electron chi connectivity index (χ2n) is 6.86. The summed E-state index contributed by atoms with van der Waals surface area (Å²) in [7, 11) is 0. The van der Waals surface area contributed by atoms with Crippen molar-refractivity contribution in [3.63, 3.8) is 0 Å². The molecule has 1 saturated carbocycles. The first-order valence-corrected chi connectivity index (χ1v) is 8.95. The molecule has 2 aliphatic rings. The first-order valence-electron chi connectivity index (χ1n) is 8.95. The van der Waals surface area contributed by atoms with Crippen LogP contribution in [0.1, 0.15) is 28.9 Å². The molecule has 1 aromatic carbocycles. The van der Waals surface area contributed by atoms with E-state index in [1.165, 1.54) is 12.8 Å². The van der Waals surface area contributed by atoms with Gasteiger partial charge in [0.05, 0.1) is 18.4 Å². The second kappa shape index (κ2) is 6.98. The number of aryl methyl sites for hydroxylation is 1. The molecule has 1 aliphatic heterocycles. The minimum atomic E-state index is -0.0594. The summed E-state index contributed by atoms with van der Waals surface area (Å²) in [6.07, 6.45) is 4.47. The fourth-order valence-electron chi connectivity index (χ4n) is 3.34. The van der Waals surface area contributed by atoms with Gasteiger partial charge < -0.3 is 10.1 Å². The number of nitrogens with zero attached hydrogens (tertiary/aromatic N) is 3. The van der Waals surface area contributed by atoms with Gasteiger partial charge in [-0.3, -0.25) is 9.69 Å². The summed E-state index contributed by atoms with van der Waals surface area (Å²) >= 11 is 0. The summed E-state index contributed by atoms with van der Waals surface area (Å²) < 4.78 is 7.64. The molecule has 1 N–H and O–H groups in total. The molecule has 2 aromatic rings. The van der Waals surface area contributed by atoms with Crippen LogP contribution in [0.3, 0.4) is 0 Å². The summed E-state index contributed by atoms with van der Waals surface area (Å²) in [5, 5.41) is 7.28. The summed E-state index contributed by atoms with van der Waals surface area (Å²) in [6.45, 7) is 5.26. The van der Waals surface area contributed by atoms with E-state index >= 15 is 0 Å². The van der Waals surface area contributed by atoms with Crippen LogP contribution in [0.2, 0.25) is 0 Å². The smallest absolute Gasteiger partial charge is 0.251 e. The number of morpholine rings is 1. The normalized spacial score (nSPS) is 21.2. The van der Waals surface area contributed by atoms with Crippen LogP contribution in [0.4, 0.5) is 0 Å². The number of amides is 1. The van der Waals surface area contributed by atoms with Gasteiger partial charge in [0.25, 0.3) is 5.91 Å². The van der Waals surface area contributed by atoms with Crippen molar-refractivity contribution in [3.8, 4) is 5.69 Å². The summed E-state index contributed by atoms with van der Waals surface area (Å²) in [4.78, 5) is 14.9. The Labute approximate surface area is 147 Å². The van der Waals surface area contributed by atoms with E-state index in [2.05, 4.69) is 15.3 Å². The third-order valence-corrected chi connectivity index (χ3v) is 4.93. The number of benzene rings is 1. The van der Waals surface area contributed by atoms with Gasteiger partial charge in [0, 0.05) is 43.1 Å². The molecule has 6 nitrogen and oxygen atoms in total. The SMILES string of the molecule is Cc1ccnn1-c1ccc(C(=O)NC[C@H]2CN(C3CC3)CCO2)cc1. The maximum Gasteiger partial charge on any atom is 0.251 e. The molecule has 2 heterocycles. The highest BCUT2D eigenvalue weighted by Crippen LogP contribution is 2.28. The highest BCUT2D eigenvalue weighted by Gasteiger charge is 2.32. The molecule has 6 heteroatoms. The third kappa shape index (κ3) is 3.75. The zero-order valence-corrected chi connectivity index (χ0v) is 14.5. The Hall–Kier alpha value is -2.18. The molecule has 1 aliphatic carbocycles. The fraction of sp³-hybridized carbons (Fsp3) is 0.474. The van der Waals surface area contributed by atoms with Gasteiger partial charge in [-0.05, 0) is 50.1 Å². The Balaban J connectivity index is 1.32. The molecule has 0 radical (unpaired) electrons. The summed E-state index contributed by atoms with van der Waals surface area (Å²) in [6, 6.07) is 10.2. The first kappa shape index (κ1) is 16.3. The van der Waals surface area contributed by atoms with E-state index in [4.69, 9.17) is 4.74 Å². The Bertz CT molecular complexity index is 736. The lowest BCUT2D eigenvalue weighted by Gasteiger charge is -2.33. The predicted molar refractivity (Wildman–Crippen MR) is 95.0 cm³/mol. The van der Waals surface area contributed by atoms with Gasteiger partial charge in [0.15, 0.2) is 0 Å². The van der Waals surface area contributed by atoms with Gasteiger partial charge >= 0.3 is 0 Å². The minimum absolute atomic E-state index is 0.0594. The first-order chi connectivity index (χ1) is 12.2. The van der Waals surface area contributed by atoms with Gasteiger partial charge in [-0.25, -0.2) is 4.68 Å². The standard InChI is InChI=1S/C19H24N4O2/c1-14-8-9-21-23(14)17-4-2-15(3-5-17)19(24)20-12-18-13-22(10-11-25-18)16-6-7-16/h2-5,8-9,16,18H,6-7,10-13H2,1H3,(H,20,24)/t18-/m0/s1. The number of carbonyl (C=O) groups is 1. The van der Waals surface area contributed by atoms with Gasteiger partial charge in [0.1, 0.15) is 0 Å². The van der Waals surface area contributed by atoms with Crippen LogP contribution < -0.4 is 5.32 Å². The molecule has 132 valence electrons. The van der Waals surface area contributed by atoms with Gasteiger partial charge in [-0.2, -0.15) is 5.10 Å². The van der Waals surface area contributed by atoms with E-state index in [-0.39, 0.29) is 12.0 Å². The number of ether oxygens (including phenoxy) is 1. The Morgan fingerprint density at radius 1 is 1.28 bits per heavy atom. The van der Waals surface area contributed by atoms with Gasteiger partial charge in [0.2, 0.25) is 0 Å². The maximum atomic E-state index is 12.4. The highest BCUT2D eigenvalue weighted by atomic mass is 16.5. The lowest BCUT2D eigenvalue weighted by Crippen LogP contribution is -2.48. The number of hydrogen-bond donors (Lipinski definition) is 1. The lowest BCUT2D eigenvalue weighted by atomic mass is 10.2. The van der Waals surface area contributed by atoms with E-state index in [1.807, 2.05) is 41.9 Å². The van der Waals surface area contributed by atoms with E-state index in [0.717, 1.165) is 37.1 Å². The molecule has 0 bridgehead atoms. The summed E-state index contributed by atoms with van der Waals surface area (Å²) in [5.41, 5.74) is 2.67. The van der Waals surface area contributed by atoms with Crippen molar-refractivity contribution in [2.24, 2.45) is 0 Å². The van der Waals surface area contributed by atoms with Crippen LogP contribution in [0.15, 0.2) is 36.5 Å². The molecular formula is C19H24N4O2. The van der Waals surface area contributed by atoms with Crippen LogP contribution in [0.25, 0.3) is 5.69 Å². The quantitative estimate of drug-likeness (QED) is 0.901. The minimum Gasteiger partial charge on any atom is -0.374 e. The van der Waals surface area contributed by atoms with Crippen LogP contribution in [-0.4, -0.2) is 59.0 Å². The zero-order chi connectivity index (χ0) is 17.2. The van der Waals surface area contributed by atoms with Crippen LogP contribution in [0, 0.1) is 6.92 Å². The van der Waals surface area contributed by atoms with Crippen molar-refractivity contribution in [2.75, 3.05) is 26.2 Å². The van der Waals surface area contributed by atoms with E-state index in [0.29, 0.717) is 12.1 Å². The Kier molecular flexibility index (Phi) is 4.55. The van der Waals surface area contributed by atoms with Gasteiger partial charge in [-0.1, -0.05) is 0 Å². The number of carbonyl (C=O) groups excluding carboxylic acids is 1. The van der Waals surface area contributed by atoms with E-state index in [9.17, 15) is 4.79 Å². The summed E-state index contributed by atoms with van der Waals surface area (Å²) in [5.74, 6) is -0.0594. The topological polar surface area (TPSA) is 59.4 Å². The molecule has 0 spiro atoms. The second-order valence-corrected chi connectivity index (χ2v) is 6.86. The third-order valence-electron chi connectivity index (χ3n) is 4.93. The number of hydrogen-bond acceptors (Lipinski definition) is 4. The lowest BCUT2D eigenvalue weighted by molar-refractivity contribution is -0.0293. The maximum absolute atomic E-state index is 12.4. The molecule has 25 heavy (non-hydrogen) atoms. The average molecular weight is 340 g/mol. The van der Waals surface area contributed by atoms with Crippen molar-refractivity contribution in [2.45, 2.75) is 31.9 Å². The zero-order valence-electron chi connectivity index (χ0n) is 14.5. The molecule has 4 rings (SSSR count). The van der Waals surface area contributed by atoms with Crippen LogP contribution in [0.5, 0.6) is 0 Å². The molecule has 0 unspecified atom stereocenters. The predicted octanol–water partition coefficient (Wildman–Crippen LogP) is 1.77. The van der Waals surface area contributed by atoms with Crippen molar-refractivity contribution in [1.29, 1.82) is 0 Å². The molecular weight excluding hydrogens is 316 g/mol. The van der Waals surface area contributed by atoms with E-state index in [1.54, 1.807) is 6.20 Å². The number of aromatic nitrogens is 2. The van der Waals surface area contributed by atoms with E-state index < -0.39 is 0 Å². The van der Waals surface area contributed by atoms with Crippen molar-refractivity contribution in [1.82, 2.24) is 20.0 Å². The highest BCUT2D eigenvalue weighted by molar-refractivity contribution is 5.94. The fourth-order valence-corrected chi connectivity index (χ4v) is 3.34. The monoisotopic (exact) mass is 340 g/mol. The Morgan fingerprint density at radius 2 is 2.08 bits per heavy atom. The molecule has 1 saturated heterocycles. The number of rotatable bonds is 5. The molecule has 1 atom stereocenters. The van der Waals surface area contributed by atoms with Crippen molar-refractivity contribution >= 4 is 5.91 Å². The van der Waals surface area contributed by atoms with Crippen molar-refractivity contribution in [3.05, 3.63) is 47.8 Å².